The molecular formula is C22H26FN3O3S. The van der Waals surface area contributed by atoms with E-state index in [1.54, 1.807) is 17.0 Å². The second-order valence-electron chi connectivity index (χ2n) is 7.87. The Labute approximate surface area is 177 Å². The highest BCUT2D eigenvalue weighted by Gasteiger charge is 2.38. The van der Waals surface area contributed by atoms with Crippen molar-refractivity contribution in [3.63, 3.8) is 0 Å². The molecule has 2 aliphatic heterocycles. The number of halogens is 1. The summed E-state index contributed by atoms with van der Waals surface area (Å²) < 4.78 is 35.3. The van der Waals surface area contributed by atoms with Gasteiger partial charge in [-0.2, -0.15) is 0 Å². The molecule has 2 aliphatic rings. The standard InChI is InChI=1S/C22H26FN3O3S/c1-16(17-2-4-18(23)5-3-17)24-12-14-25(15-13-24)21-10-11-26(22(21)27)19-6-8-20(9-7-19)30(28)29/h2-9,16,21,30H,10-15H2,1H3/t16-,21-/m0/s1. The van der Waals surface area contributed by atoms with E-state index in [1.165, 1.54) is 24.3 Å². The Morgan fingerprint density at radius 3 is 2.17 bits per heavy atom. The lowest BCUT2D eigenvalue weighted by Gasteiger charge is -2.40. The highest BCUT2D eigenvalue weighted by Crippen LogP contribution is 2.27. The van der Waals surface area contributed by atoms with Gasteiger partial charge >= 0.3 is 0 Å². The molecular weight excluding hydrogens is 405 g/mol. The zero-order valence-electron chi connectivity index (χ0n) is 16.9. The highest BCUT2D eigenvalue weighted by atomic mass is 32.2. The average molecular weight is 432 g/mol. The molecule has 30 heavy (non-hydrogen) atoms. The molecule has 0 unspecified atom stereocenters. The van der Waals surface area contributed by atoms with Crippen molar-refractivity contribution in [2.75, 3.05) is 37.6 Å². The van der Waals surface area contributed by atoms with Crippen molar-refractivity contribution < 1.29 is 17.6 Å². The van der Waals surface area contributed by atoms with E-state index in [9.17, 15) is 17.6 Å². The van der Waals surface area contributed by atoms with E-state index >= 15 is 0 Å². The first-order chi connectivity index (χ1) is 14.4. The molecule has 0 spiro atoms. The molecule has 1 amide bonds. The number of carbonyl (C=O) groups excluding carboxylic acids is 1. The van der Waals surface area contributed by atoms with Crippen molar-refractivity contribution in [1.29, 1.82) is 0 Å². The van der Waals surface area contributed by atoms with Crippen molar-refractivity contribution >= 4 is 22.3 Å². The Morgan fingerprint density at radius 2 is 1.57 bits per heavy atom. The number of carbonyl (C=O) groups is 1. The van der Waals surface area contributed by atoms with Crippen LogP contribution in [-0.2, 0) is 15.5 Å². The molecule has 0 saturated carbocycles. The number of piperazine rings is 1. The monoisotopic (exact) mass is 431 g/mol. The molecule has 2 saturated heterocycles. The third-order valence-electron chi connectivity index (χ3n) is 6.24. The molecule has 0 aromatic heterocycles. The second-order valence-corrected chi connectivity index (χ2v) is 8.90. The van der Waals surface area contributed by atoms with Crippen molar-refractivity contribution in [2.45, 2.75) is 30.3 Å². The minimum Gasteiger partial charge on any atom is -0.311 e. The molecule has 2 aromatic rings. The highest BCUT2D eigenvalue weighted by molar-refractivity contribution is 7.72. The Kier molecular flexibility index (Phi) is 6.17. The third-order valence-corrected chi connectivity index (χ3v) is 6.96. The molecule has 4 rings (SSSR count). The minimum absolute atomic E-state index is 0.0781. The SMILES string of the molecule is C[C@@H](c1ccc(F)cc1)N1CCN([C@H]2CCN(c3ccc([SH](=O)=O)cc3)C2=O)CC1. The van der Waals surface area contributed by atoms with Gasteiger partial charge in [-0.3, -0.25) is 14.6 Å². The van der Waals surface area contributed by atoms with Gasteiger partial charge < -0.3 is 4.90 Å². The van der Waals surface area contributed by atoms with Crippen LogP contribution in [0.4, 0.5) is 10.1 Å². The van der Waals surface area contributed by atoms with Crippen LogP contribution in [0.2, 0.25) is 0 Å². The summed E-state index contributed by atoms with van der Waals surface area (Å²) in [5.41, 5.74) is 1.84. The predicted molar refractivity (Wildman–Crippen MR) is 114 cm³/mol. The number of hydrogen-bond donors (Lipinski definition) is 1. The first kappa shape index (κ1) is 21.0. The lowest BCUT2D eigenvalue weighted by molar-refractivity contribution is -0.122. The van der Waals surface area contributed by atoms with Gasteiger partial charge in [0.25, 0.3) is 0 Å². The molecule has 6 nitrogen and oxygen atoms in total. The van der Waals surface area contributed by atoms with Crippen LogP contribution in [0.5, 0.6) is 0 Å². The average Bonchev–Trinajstić information content (AvgIpc) is 3.15. The molecule has 160 valence electrons. The van der Waals surface area contributed by atoms with Crippen molar-refractivity contribution in [2.24, 2.45) is 0 Å². The van der Waals surface area contributed by atoms with Gasteiger partial charge in [0.15, 0.2) is 10.7 Å². The lowest BCUT2D eigenvalue weighted by Crippen LogP contribution is -2.52. The largest absolute Gasteiger partial charge is 0.311 e. The quantitative estimate of drug-likeness (QED) is 0.736. The van der Waals surface area contributed by atoms with E-state index < -0.39 is 10.7 Å². The maximum atomic E-state index is 13.2. The summed E-state index contributed by atoms with van der Waals surface area (Å²) in [7, 11) is -2.61. The number of hydrogen-bond acceptors (Lipinski definition) is 5. The summed E-state index contributed by atoms with van der Waals surface area (Å²) in [5.74, 6) is -0.147. The molecule has 0 radical (unpaired) electrons. The molecule has 2 aromatic carbocycles. The number of anilines is 1. The zero-order chi connectivity index (χ0) is 21.3. The van der Waals surface area contributed by atoms with Gasteiger partial charge in [-0.05, 0) is 55.3 Å². The molecule has 8 heteroatoms. The van der Waals surface area contributed by atoms with Gasteiger partial charge in [0.2, 0.25) is 5.91 Å². The first-order valence-corrected chi connectivity index (χ1v) is 11.4. The number of nitrogens with zero attached hydrogens (tertiary/aromatic N) is 3. The normalized spacial score (nSPS) is 22.0. The van der Waals surface area contributed by atoms with Crippen molar-refractivity contribution in [3.8, 4) is 0 Å². The maximum Gasteiger partial charge on any atom is 0.244 e. The lowest BCUT2D eigenvalue weighted by atomic mass is 10.1. The van der Waals surface area contributed by atoms with Crippen LogP contribution in [0, 0.1) is 5.82 Å². The van der Waals surface area contributed by atoms with E-state index in [-0.39, 0.29) is 28.7 Å². The summed E-state index contributed by atoms with van der Waals surface area (Å²) in [6.07, 6.45) is 0.768. The Balaban J connectivity index is 1.36. The van der Waals surface area contributed by atoms with E-state index in [0.717, 1.165) is 43.9 Å². The van der Waals surface area contributed by atoms with Crippen LogP contribution in [0.1, 0.15) is 24.9 Å². The summed E-state index contributed by atoms with van der Waals surface area (Å²) in [6.45, 7) is 6.10. The van der Waals surface area contributed by atoms with Gasteiger partial charge in [0.05, 0.1) is 10.9 Å². The predicted octanol–water partition coefficient (Wildman–Crippen LogP) is 2.28. The van der Waals surface area contributed by atoms with Gasteiger partial charge in [0, 0.05) is 44.5 Å². The van der Waals surface area contributed by atoms with E-state index in [0.29, 0.717) is 6.54 Å². The van der Waals surface area contributed by atoms with Crippen LogP contribution >= 0.6 is 0 Å². The smallest absolute Gasteiger partial charge is 0.244 e. The van der Waals surface area contributed by atoms with E-state index in [1.807, 2.05) is 12.1 Å². The third kappa shape index (κ3) is 4.26. The van der Waals surface area contributed by atoms with Crippen LogP contribution in [0.15, 0.2) is 53.4 Å². The minimum atomic E-state index is -2.61. The number of thiol groups is 1. The second kappa shape index (κ2) is 8.83. The van der Waals surface area contributed by atoms with Crippen LogP contribution in [0.3, 0.4) is 0 Å². The summed E-state index contributed by atoms with van der Waals surface area (Å²) in [4.78, 5) is 19.6. The maximum absolute atomic E-state index is 13.2. The van der Waals surface area contributed by atoms with Gasteiger partial charge in [0.1, 0.15) is 5.82 Å². The molecule has 2 heterocycles. The zero-order valence-corrected chi connectivity index (χ0v) is 17.8. The molecule has 0 bridgehead atoms. The van der Waals surface area contributed by atoms with Crippen LogP contribution in [-0.4, -0.2) is 62.9 Å². The Morgan fingerprint density at radius 1 is 0.933 bits per heavy atom. The Bertz CT molecular complexity index is 962. The van der Waals surface area contributed by atoms with Gasteiger partial charge in [-0.15, -0.1) is 0 Å². The fourth-order valence-electron chi connectivity index (χ4n) is 4.40. The number of rotatable bonds is 5. The molecule has 2 fully saturated rings. The first-order valence-electron chi connectivity index (χ1n) is 10.2. The molecule has 0 N–H and O–H groups in total. The summed E-state index contributed by atoms with van der Waals surface area (Å²) in [5, 5.41) is 0. The van der Waals surface area contributed by atoms with Gasteiger partial charge in [-0.1, -0.05) is 12.1 Å². The fraction of sp³-hybridized carbons (Fsp3) is 0.409. The van der Waals surface area contributed by atoms with Gasteiger partial charge in [-0.25, -0.2) is 12.8 Å². The van der Waals surface area contributed by atoms with Crippen molar-refractivity contribution in [3.05, 3.63) is 59.9 Å². The Hall–Kier alpha value is -2.29. The fourth-order valence-corrected chi connectivity index (χ4v) is 4.80. The van der Waals surface area contributed by atoms with E-state index in [2.05, 4.69) is 16.7 Å². The topological polar surface area (TPSA) is 60.9 Å². The van der Waals surface area contributed by atoms with Crippen LogP contribution in [0.25, 0.3) is 0 Å². The van der Waals surface area contributed by atoms with Crippen LogP contribution < -0.4 is 4.90 Å². The number of benzene rings is 2. The summed E-state index contributed by atoms with van der Waals surface area (Å²) >= 11 is 0. The van der Waals surface area contributed by atoms with E-state index in [4.69, 9.17) is 0 Å². The molecule has 2 atom stereocenters. The summed E-state index contributed by atoms with van der Waals surface area (Å²) in [6, 6.07) is 13.2. The number of amides is 1. The molecule has 0 aliphatic carbocycles. The van der Waals surface area contributed by atoms with Crippen molar-refractivity contribution in [1.82, 2.24) is 9.80 Å².